The van der Waals surface area contributed by atoms with Crippen LogP contribution in [0.25, 0.3) is 0 Å². The molecule has 1 N–H and O–H groups in total. The van der Waals surface area contributed by atoms with Crippen LogP contribution < -0.4 is 0 Å². The highest BCUT2D eigenvalue weighted by Crippen LogP contribution is 2.24. The summed E-state index contributed by atoms with van der Waals surface area (Å²) in [5.74, 6) is -1.67. The lowest BCUT2D eigenvalue weighted by molar-refractivity contribution is 0.0684. The third-order valence-corrected chi connectivity index (χ3v) is 3.57. The molecular formula is C16H16FNO3. The number of ketones is 1. The molecule has 0 saturated heterocycles. The standard InChI is InChI=1S/C16H16FNO3/c1-9-4-5-12(6-14(9)17)10(2)18-8-13(11(3)19)7-15(18)16(20)21/h4-8,10H,1-3H3,(H,20,21). The van der Waals surface area contributed by atoms with E-state index in [1.165, 1.54) is 29.8 Å². The summed E-state index contributed by atoms with van der Waals surface area (Å²) >= 11 is 0. The molecule has 0 amide bonds. The number of Topliss-reactive ketones (excluding diaryl/α,β-unsaturated/α-hetero) is 1. The Morgan fingerprint density at radius 1 is 1.29 bits per heavy atom. The summed E-state index contributed by atoms with van der Waals surface area (Å²) in [4.78, 5) is 22.7. The fourth-order valence-electron chi connectivity index (χ4n) is 2.19. The van der Waals surface area contributed by atoms with Crippen molar-refractivity contribution < 1.29 is 19.1 Å². The highest BCUT2D eigenvalue weighted by atomic mass is 19.1. The number of carbonyl (C=O) groups excluding carboxylic acids is 1. The lowest BCUT2D eigenvalue weighted by Gasteiger charge is -2.17. The van der Waals surface area contributed by atoms with Gasteiger partial charge in [-0.3, -0.25) is 4.79 Å². The number of hydrogen-bond acceptors (Lipinski definition) is 2. The fraction of sp³-hybridized carbons (Fsp3) is 0.250. The van der Waals surface area contributed by atoms with E-state index < -0.39 is 5.97 Å². The van der Waals surface area contributed by atoms with Gasteiger partial charge in [0, 0.05) is 11.8 Å². The summed E-state index contributed by atoms with van der Waals surface area (Å²) in [6.07, 6.45) is 1.49. The Labute approximate surface area is 121 Å². The minimum atomic E-state index is -1.12. The quantitative estimate of drug-likeness (QED) is 0.877. The van der Waals surface area contributed by atoms with Gasteiger partial charge in [0.15, 0.2) is 5.78 Å². The topological polar surface area (TPSA) is 59.3 Å². The first-order valence-corrected chi connectivity index (χ1v) is 6.53. The van der Waals surface area contributed by atoms with Crippen LogP contribution in [0.4, 0.5) is 4.39 Å². The lowest BCUT2D eigenvalue weighted by atomic mass is 10.1. The molecule has 0 aliphatic carbocycles. The Morgan fingerprint density at radius 2 is 1.95 bits per heavy atom. The highest BCUT2D eigenvalue weighted by molar-refractivity contribution is 5.97. The monoisotopic (exact) mass is 289 g/mol. The van der Waals surface area contributed by atoms with Crippen LogP contribution in [0.2, 0.25) is 0 Å². The number of rotatable bonds is 4. The number of aryl methyl sites for hydroxylation is 1. The molecule has 1 heterocycles. The maximum atomic E-state index is 13.7. The Hall–Kier alpha value is -2.43. The number of aromatic nitrogens is 1. The van der Waals surface area contributed by atoms with Crippen LogP contribution in [0.1, 0.15) is 51.9 Å². The number of carbonyl (C=O) groups is 2. The molecule has 0 saturated carbocycles. The number of halogens is 1. The summed E-state index contributed by atoms with van der Waals surface area (Å²) in [7, 11) is 0. The molecule has 0 aliphatic heterocycles. The number of nitrogens with zero attached hydrogens (tertiary/aromatic N) is 1. The minimum absolute atomic E-state index is 0.00804. The van der Waals surface area contributed by atoms with E-state index in [9.17, 15) is 19.1 Å². The summed E-state index contributed by atoms with van der Waals surface area (Å²) in [6, 6.07) is 5.74. The van der Waals surface area contributed by atoms with Crippen molar-refractivity contribution in [2.24, 2.45) is 0 Å². The molecule has 110 valence electrons. The molecule has 4 nitrogen and oxygen atoms in total. The summed E-state index contributed by atoms with van der Waals surface area (Å²) in [5.41, 5.74) is 1.51. The van der Waals surface area contributed by atoms with Crippen molar-refractivity contribution in [3.8, 4) is 0 Å². The van der Waals surface area contributed by atoms with E-state index in [1.807, 2.05) is 0 Å². The molecule has 0 spiro atoms. The van der Waals surface area contributed by atoms with E-state index in [0.717, 1.165) is 0 Å². The Kier molecular flexibility index (Phi) is 3.93. The first kappa shape index (κ1) is 15.0. The van der Waals surface area contributed by atoms with Gasteiger partial charge in [-0.05, 0) is 44.0 Å². The second-order valence-electron chi connectivity index (χ2n) is 5.07. The lowest BCUT2D eigenvalue weighted by Crippen LogP contribution is -2.13. The molecule has 1 unspecified atom stereocenters. The van der Waals surface area contributed by atoms with Crippen LogP contribution in [0.3, 0.4) is 0 Å². The molecule has 2 aromatic rings. The van der Waals surface area contributed by atoms with E-state index in [0.29, 0.717) is 16.7 Å². The van der Waals surface area contributed by atoms with Crippen LogP contribution in [0.5, 0.6) is 0 Å². The van der Waals surface area contributed by atoms with Crippen LogP contribution in [-0.4, -0.2) is 21.4 Å². The average Bonchev–Trinajstić information content (AvgIpc) is 2.86. The normalized spacial score (nSPS) is 12.2. The summed E-state index contributed by atoms with van der Waals surface area (Å²) < 4.78 is 15.1. The Bertz CT molecular complexity index is 718. The van der Waals surface area contributed by atoms with Crippen LogP contribution in [-0.2, 0) is 0 Å². The fourth-order valence-corrected chi connectivity index (χ4v) is 2.19. The van der Waals surface area contributed by atoms with Crippen molar-refractivity contribution >= 4 is 11.8 Å². The van der Waals surface area contributed by atoms with Gasteiger partial charge in [0.1, 0.15) is 11.5 Å². The van der Waals surface area contributed by atoms with Crippen LogP contribution in [0, 0.1) is 12.7 Å². The van der Waals surface area contributed by atoms with E-state index in [2.05, 4.69) is 0 Å². The average molecular weight is 289 g/mol. The largest absolute Gasteiger partial charge is 0.477 e. The molecule has 0 bridgehead atoms. The van der Waals surface area contributed by atoms with Gasteiger partial charge in [0.25, 0.3) is 0 Å². The van der Waals surface area contributed by atoms with Gasteiger partial charge in [-0.2, -0.15) is 0 Å². The maximum absolute atomic E-state index is 13.7. The Balaban J connectivity index is 2.51. The van der Waals surface area contributed by atoms with E-state index in [-0.39, 0.29) is 23.3 Å². The van der Waals surface area contributed by atoms with Gasteiger partial charge in [0.2, 0.25) is 0 Å². The van der Waals surface area contributed by atoms with Gasteiger partial charge in [-0.15, -0.1) is 0 Å². The van der Waals surface area contributed by atoms with Gasteiger partial charge in [0.05, 0.1) is 6.04 Å². The molecule has 1 atom stereocenters. The van der Waals surface area contributed by atoms with Crippen molar-refractivity contribution in [1.82, 2.24) is 4.57 Å². The zero-order valence-corrected chi connectivity index (χ0v) is 12.1. The second kappa shape index (κ2) is 5.52. The predicted octanol–water partition coefficient (Wildman–Crippen LogP) is 3.45. The summed E-state index contributed by atoms with van der Waals surface area (Å²) in [6.45, 7) is 4.80. The van der Waals surface area contributed by atoms with Gasteiger partial charge in [-0.1, -0.05) is 12.1 Å². The number of benzene rings is 1. The number of carboxylic acids is 1. The third kappa shape index (κ3) is 2.86. The van der Waals surface area contributed by atoms with Gasteiger partial charge >= 0.3 is 5.97 Å². The molecule has 0 radical (unpaired) electrons. The maximum Gasteiger partial charge on any atom is 0.352 e. The highest BCUT2D eigenvalue weighted by Gasteiger charge is 2.19. The van der Waals surface area contributed by atoms with Gasteiger partial charge < -0.3 is 9.67 Å². The summed E-state index contributed by atoms with van der Waals surface area (Å²) in [5, 5.41) is 9.25. The molecule has 0 fully saturated rings. The number of carboxylic acid groups (broad SMARTS) is 1. The second-order valence-corrected chi connectivity index (χ2v) is 5.07. The van der Waals surface area contributed by atoms with Crippen molar-refractivity contribution in [3.05, 3.63) is 58.7 Å². The SMILES string of the molecule is CC(=O)c1cc(C(=O)O)n(C(C)c2ccc(C)c(F)c2)c1. The first-order chi connectivity index (χ1) is 9.81. The molecule has 1 aromatic heterocycles. The van der Waals surface area contributed by atoms with Crippen LogP contribution in [0.15, 0.2) is 30.5 Å². The number of hydrogen-bond donors (Lipinski definition) is 1. The van der Waals surface area contributed by atoms with Crippen molar-refractivity contribution in [2.75, 3.05) is 0 Å². The molecule has 1 aromatic carbocycles. The van der Waals surface area contributed by atoms with Crippen LogP contribution >= 0.6 is 0 Å². The molecule has 21 heavy (non-hydrogen) atoms. The van der Waals surface area contributed by atoms with Crippen molar-refractivity contribution in [1.29, 1.82) is 0 Å². The minimum Gasteiger partial charge on any atom is -0.477 e. The van der Waals surface area contributed by atoms with Gasteiger partial charge in [-0.25, -0.2) is 9.18 Å². The van der Waals surface area contributed by atoms with Crippen molar-refractivity contribution in [3.63, 3.8) is 0 Å². The molecule has 0 aliphatic rings. The zero-order valence-electron chi connectivity index (χ0n) is 12.1. The predicted molar refractivity (Wildman–Crippen MR) is 76.3 cm³/mol. The van der Waals surface area contributed by atoms with Crippen molar-refractivity contribution in [2.45, 2.75) is 26.8 Å². The molecular weight excluding hydrogens is 273 g/mol. The smallest absolute Gasteiger partial charge is 0.352 e. The molecule has 2 rings (SSSR count). The zero-order chi connectivity index (χ0) is 15.7. The number of aromatic carboxylic acids is 1. The van der Waals surface area contributed by atoms with E-state index in [4.69, 9.17) is 0 Å². The Morgan fingerprint density at radius 3 is 2.48 bits per heavy atom. The molecule has 5 heteroatoms. The van der Waals surface area contributed by atoms with E-state index >= 15 is 0 Å². The third-order valence-electron chi connectivity index (χ3n) is 3.57. The van der Waals surface area contributed by atoms with E-state index in [1.54, 1.807) is 26.0 Å². The first-order valence-electron chi connectivity index (χ1n) is 6.53.